The largest absolute Gasteiger partial charge is 0.239 e. The Morgan fingerprint density at radius 3 is 2.15 bits per heavy atom. The number of rotatable bonds is 8. The molecule has 0 amide bonds. The van der Waals surface area contributed by atoms with E-state index in [0.29, 0.717) is 6.42 Å². The van der Waals surface area contributed by atoms with Crippen molar-refractivity contribution in [2.45, 2.75) is 109 Å². The Labute approximate surface area is 165 Å². The topological polar surface area (TPSA) is 0 Å². The zero-order valence-corrected chi connectivity index (χ0v) is 17.4. The molecule has 0 aromatic heterocycles. The molecular weight excluding hydrogens is 338 g/mol. The number of unbranched alkanes of at least 4 members (excludes halogenated alkanes) is 4. The molecule has 0 heterocycles. The van der Waals surface area contributed by atoms with Crippen molar-refractivity contribution >= 4 is 0 Å². The summed E-state index contributed by atoms with van der Waals surface area (Å²) >= 11 is 0. The van der Waals surface area contributed by atoms with Crippen LogP contribution in [0.15, 0.2) is 24.1 Å². The van der Waals surface area contributed by atoms with E-state index >= 15 is 4.39 Å². The highest BCUT2D eigenvalue weighted by molar-refractivity contribution is 5.24. The van der Waals surface area contributed by atoms with Crippen LogP contribution in [0.1, 0.15) is 103 Å². The molecule has 3 aliphatic rings. The maximum atomic E-state index is 15.2. The summed E-state index contributed by atoms with van der Waals surface area (Å²) in [5, 5.41) is 0. The molecule has 3 aliphatic carbocycles. The molecule has 27 heavy (non-hydrogen) atoms. The summed E-state index contributed by atoms with van der Waals surface area (Å²) < 4.78 is 28.7. The van der Waals surface area contributed by atoms with E-state index in [4.69, 9.17) is 0 Å². The van der Waals surface area contributed by atoms with Gasteiger partial charge < -0.3 is 0 Å². The normalized spacial score (nSPS) is 37.2. The van der Waals surface area contributed by atoms with Crippen molar-refractivity contribution < 1.29 is 8.78 Å². The second kappa shape index (κ2) is 10.2. The average Bonchev–Trinajstić information content (AvgIpc) is 2.68. The Balaban J connectivity index is 1.36. The minimum Gasteiger partial charge on any atom is -0.239 e. The average molecular weight is 379 g/mol. The van der Waals surface area contributed by atoms with E-state index in [2.05, 4.69) is 6.92 Å². The summed E-state index contributed by atoms with van der Waals surface area (Å²) in [7, 11) is 0. The van der Waals surface area contributed by atoms with Crippen LogP contribution in [0.4, 0.5) is 8.78 Å². The van der Waals surface area contributed by atoms with Crippen LogP contribution in [0.3, 0.4) is 0 Å². The lowest BCUT2D eigenvalue weighted by Gasteiger charge is -2.41. The van der Waals surface area contributed by atoms with Crippen LogP contribution >= 0.6 is 0 Å². The van der Waals surface area contributed by atoms with E-state index in [1.165, 1.54) is 76.4 Å². The standard InChI is InChI=1S/C25H40F2/c1-2-3-4-5-6-8-20-10-12-21(13-11-20)22-14-16-23(17-15-22)25(27)18-7-9-24(26)19-25/h7,9,19-23H,2-6,8,10-18H2,1H3. The van der Waals surface area contributed by atoms with Gasteiger partial charge in [-0.05, 0) is 74.3 Å². The third-order valence-electron chi connectivity index (χ3n) is 7.81. The molecule has 2 saturated carbocycles. The molecule has 0 nitrogen and oxygen atoms in total. The third kappa shape index (κ3) is 5.91. The van der Waals surface area contributed by atoms with Gasteiger partial charge in [0.2, 0.25) is 0 Å². The molecule has 1 unspecified atom stereocenters. The molecule has 0 radical (unpaired) electrons. The fraction of sp³-hybridized carbons (Fsp3) is 0.840. The summed E-state index contributed by atoms with van der Waals surface area (Å²) in [6.07, 6.45) is 23.0. The van der Waals surface area contributed by atoms with Crippen LogP contribution in [0.2, 0.25) is 0 Å². The molecule has 0 aromatic carbocycles. The molecule has 0 aliphatic heterocycles. The van der Waals surface area contributed by atoms with E-state index in [9.17, 15) is 4.39 Å². The first kappa shape index (κ1) is 21.1. The monoisotopic (exact) mass is 378 g/mol. The second-order valence-electron chi connectivity index (χ2n) is 9.66. The number of halogens is 2. The van der Waals surface area contributed by atoms with E-state index in [-0.39, 0.29) is 11.7 Å². The third-order valence-corrected chi connectivity index (χ3v) is 7.81. The highest BCUT2D eigenvalue weighted by Gasteiger charge is 2.41. The number of hydrogen-bond acceptors (Lipinski definition) is 0. The zero-order valence-electron chi connectivity index (χ0n) is 17.4. The van der Waals surface area contributed by atoms with Crippen molar-refractivity contribution in [2.75, 3.05) is 0 Å². The van der Waals surface area contributed by atoms with Crippen molar-refractivity contribution in [3.8, 4) is 0 Å². The molecule has 2 fully saturated rings. The summed E-state index contributed by atoms with van der Waals surface area (Å²) in [6.45, 7) is 2.28. The molecule has 1 atom stereocenters. The molecular formula is C25H40F2. The van der Waals surface area contributed by atoms with Gasteiger partial charge in [-0.15, -0.1) is 0 Å². The number of hydrogen-bond donors (Lipinski definition) is 0. The van der Waals surface area contributed by atoms with Gasteiger partial charge in [0.05, 0.1) is 0 Å². The van der Waals surface area contributed by atoms with Crippen LogP contribution < -0.4 is 0 Å². The van der Waals surface area contributed by atoms with E-state index in [1.54, 1.807) is 6.08 Å². The van der Waals surface area contributed by atoms with Gasteiger partial charge in [-0.2, -0.15) is 0 Å². The summed E-state index contributed by atoms with van der Waals surface area (Å²) in [5.41, 5.74) is -1.43. The first-order valence-corrected chi connectivity index (χ1v) is 11.8. The van der Waals surface area contributed by atoms with Crippen molar-refractivity contribution in [1.29, 1.82) is 0 Å². The Hall–Kier alpha value is -0.660. The van der Waals surface area contributed by atoms with Gasteiger partial charge in [-0.1, -0.05) is 64.4 Å². The van der Waals surface area contributed by atoms with Crippen LogP contribution in [0, 0.1) is 23.7 Å². The zero-order chi connectivity index (χ0) is 19.1. The Morgan fingerprint density at radius 1 is 0.889 bits per heavy atom. The van der Waals surface area contributed by atoms with Gasteiger partial charge >= 0.3 is 0 Å². The minimum atomic E-state index is -1.43. The molecule has 3 rings (SSSR count). The molecule has 0 bridgehead atoms. The molecule has 154 valence electrons. The molecule has 0 saturated heterocycles. The van der Waals surface area contributed by atoms with E-state index in [0.717, 1.165) is 43.4 Å². The predicted octanol–water partition coefficient (Wildman–Crippen LogP) is 8.48. The SMILES string of the molecule is CCCCCCCC1CCC(C2CCC(C3(F)C=C(F)C=CC3)CC2)CC1. The van der Waals surface area contributed by atoms with Crippen LogP contribution in [0.25, 0.3) is 0 Å². The Bertz CT molecular complexity index is 492. The van der Waals surface area contributed by atoms with Gasteiger partial charge in [0.15, 0.2) is 0 Å². The maximum absolute atomic E-state index is 15.2. The van der Waals surface area contributed by atoms with Crippen LogP contribution in [-0.4, -0.2) is 5.67 Å². The van der Waals surface area contributed by atoms with Crippen molar-refractivity contribution in [3.05, 3.63) is 24.1 Å². The van der Waals surface area contributed by atoms with E-state index < -0.39 is 5.67 Å². The highest BCUT2D eigenvalue weighted by atomic mass is 19.1. The van der Waals surface area contributed by atoms with Crippen molar-refractivity contribution in [3.63, 3.8) is 0 Å². The fourth-order valence-electron chi connectivity index (χ4n) is 6.03. The van der Waals surface area contributed by atoms with Crippen molar-refractivity contribution in [1.82, 2.24) is 0 Å². The molecule has 2 heteroatoms. The van der Waals surface area contributed by atoms with Crippen LogP contribution in [-0.2, 0) is 0 Å². The first-order valence-electron chi connectivity index (χ1n) is 11.8. The Kier molecular flexibility index (Phi) is 7.97. The summed E-state index contributed by atoms with van der Waals surface area (Å²) in [5.74, 6) is 2.26. The van der Waals surface area contributed by atoms with Gasteiger partial charge in [-0.3, -0.25) is 0 Å². The number of allylic oxidation sites excluding steroid dienone is 4. The highest BCUT2D eigenvalue weighted by Crippen LogP contribution is 2.47. The Morgan fingerprint density at radius 2 is 1.52 bits per heavy atom. The number of alkyl halides is 1. The smallest absolute Gasteiger partial charge is 0.138 e. The molecule has 0 spiro atoms. The van der Waals surface area contributed by atoms with Gasteiger partial charge in [0, 0.05) is 6.42 Å². The minimum absolute atomic E-state index is 0.0175. The van der Waals surface area contributed by atoms with Crippen molar-refractivity contribution in [2.24, 2.45) is 23.7 Å². The lowest BCUT2D eigenvalue weighted by Crippen LogP contribution is -2.36. The second-order valence-corrected chi connectivity index (χ2v) is 9.66. The lowest BCUT2D eigenvalue weighted by atomic mass is 9.66. The predicted molar refractivity (Wildman–Crippen MR) is 111 cm³/mol. The lowest BCUT2D eigenvalue weighted by molar-refractivity contribution is 0.0657. The quantitative estimate of drug-likeness (QED) is 0.371. The molecule has 0 N–H and O–H groups in total. The van der Waals surface area contributed by atoms with E-state index in [1.807, 2.05) is 0 Å². The van der Waals surface area contributed by atoms with Gasteiger partial charge in [0.25, 0.3) is 0 Å². The van der Waals surface area contributed by atoms with Crippen LogP contribution in [0.5, 0.6) is 0 Å². The first-order chi connectivity index (χ1) is 13.1. The summed E-state index contributed by atoms with van der Waals surface area (Å²) in [6, 6.07) is 0. The maximum Gasteiger partial charge on any atom is 0.138 e. The van der Waals surface area contributed by atoms with Gasteiger partial charge in [-0.25, -0.2) is 8.78 Å². The summed E-state index contributed by atoms with van der Waals surface area (Å²) in [4.78, 5) is 0. The van der Waals surface area contributed by atoms with Gasteiger partial charge in [0.1, 0.15) is 11.5 Å². The fourth-order valence-corrected chi connectivity index (χ4v) is 6.03. The molecule has 0 aromatic rings.